The lowest BCUT2D eigenvalue weighted by Crippen LogP contribution is -2.49. The Morgan fingerprint density at radius 3 is 2.93 bits per heavy atom. The summed E-state index contributed by atoms with van der Waals surface area (Å²) in [4.78, 5) is 29.3. The van der Waals surface area contributed by atoms with Crippen molar-refractivity contribution in [3.63, 3.8) is 0 Å². The first-order valence-corrected chi connectivity index (χ1v) is 10.2. The predicted molar refractivity (Wildman–Crippen MR) is 108 cm³/mol. The second-order valence-corrected chi connectivity index (χ2v) is 7.79. The number of imidazole rings is 1. The molecule has 146 valence electrons. The number of halogens is 1. The van der Waals surface area contributed by atoms with E-state index in [1.165, 1.54) is 0 Å². The molecule has 28 heavy (non-hydrogen) atoms. The second-order valence-electron chi connectivity index (χ2n) is 6.37. The zero-order valence-corrected chi connectivity index (χ0v) is 16.7. The molecule has 1 amide bonds. The number of rotatable bonds is 6. The van der Waals surface area contributed by atoms with E-state index >= 15 is 0 Å². The van der Waals surface area contributed by atoms with Crippen molar-refractivity contribution < 1.29 is 4.79 Å². The highest BCUT2D eigenvalue weighted by molar-refractivity contribution is 7.09. The SMILES string of the molecule is O=C(NCc1cccs1)C(c1cc(Cl)nc(-n2ccnc2)n1)N1CCNCC1. The first-order chi connectivity index (χ1) is 13.7. The van der Waals surface area contributed by atoms with Crippen molar-refractivity contribution in [1.82, 2.24) is 35.1 Å². The van der Waals surface area contributed by atoms with Crippen LogP contribution < -0.4 is 10.6 Å². The molecule has 0 aromatic carbocycles. The fourth-order valence-corrected chi connectivity index (χ4v) is 4.00. The van der Waals surface area contributed by atoms with Crippen LogP contribution in [-0.2, 0) is 11.3 Å². The molecule has 1 fully saturated rings. The van der Waals surface area contributed by atoms with E-state index in [1.807, 2.05) is 17.5 Å². The molecule has 3 aromatic heterocycles. The van der Waals surface area contributed by atoms with E-state index in [0.29, 0.717) is 23.3 Å². The first-order valence-electron chi connectivity index (χ1n) is 8.98. The van der Waals surface area contributed by atoms with Crippen molar-refractivity contribution in [2.75, 3.05) is 26.2 Å². The molecule has 1 saturated heterocycles. The fourth-order valence-electron chi connectivity index (χ4n) is 3.17. The number of aromatic nitrogens is 4. The number of thiophene rings is 1. The van der Waals surface area contributed by atoms with Gasteiger partial charge >= 0.3 is 0 Å². The molecule has 2 N–H and O–H groups in total. The summed E-state index contributed by atoms with van der Waals surface area (Å²) in [5.74, 6) is 0.299. The zero-order chi connectivity index (χ0) is 19.3. The van der Waals surface area contributed by atoms with Crippen LogP contribution in [0.2, 0.25) is 5.15 Å². The summed E-state index contributed by atoms with van der Waals surface area (Å²) < 4.78 is 1.67. The number of carbonyl (C=O) groups excluding carboxylic acids is 1. The monoisotopic (exact) mass is 417 g/mol. The molecule has 0 spiro atoms. The van der Waals surface area contributed by atoms with E-state index in [1.54, 1.807) is 40.7 Å². The fraction of sp³-hybridized carbons (Fsp3) is 0.333. The minimum Gasteiger partial charge on any atom is -0.349 e. The number of nitrogens with one attached hydrogen (secondary N) is 2. The van der Waals surface area contributed by atoms with Gasteiger partial charge in [0.15, 0.2) is 0 Å². The smallest absolute Gasteiger partial charge is 0.243 e. The van der Waals surface area contributed by atoms with Crippen LogP contribution in [0.25, 0.3) is 5.95 Å². The predicted octanol–water partition coefficient (Wildman–Crippen LogP) is 1.64. The maximum Gasteiger partial charge on any atom is 0.243 e. The first kappa shape index (κ1) is 19.0. The standard InChI is InChI=1S/C18H20ClN7OS/c19-15-10-14(23-18(24-15)26-8-5-21-12-26)16(25-6-3-20-4-7-25)17(27)22-11-13-2-1-9-28-13/h1-2,5,8-10,12,16,20H,3-4,6-7,11H2,(H,22,27). The average molecular weight is 418 g/mol. The van der Waals surface area contributed by atoms with Crippen LogP contribution >= 0.6 is 22.9 Å². The molecule has 8 nitrogen and oxygen atoms in total. The van der Waals surface area contributed by atoms with E-state index in [-0.39, 0.29) is 5.91 Å². The van der Waals surface area contributed by atoms with Crippen LogP contribution in [0.1, 0.15) is 16.6 Å². The lowest BCUT2D eigenvalue weighted by Gasteiger charge is -2.33. The number of nitrogens with zero attached hydrogens (tertiary/aromatic N) is 5. The van der Waals surface area contributed by atoms with Crippen LogP contribution in [-0.4, -0.2) is 56.5 Å². The van der Waals surface area contributed by atoms with E-state index in [0.717, 1.165) is 31.1 Å². The van der Waals surface area contributed by atoms with Crippen LogP contribution in [0.5, 0.6) is 0 Å². The molecule has 4 heterocycles. The van der Waals surface area contributed by atoms with Crippen LogP contribution in [0.3, 0.4) is 0 Å². The Balaban J connectivity index is 1.63. The normalized spacial score (nSPS) is 16.0. The van der Waals surface area contributed by atoms with Crippen molar-refractivity contribution >= 4 is 28.8 Å². The lowest BCUT2D eigenvalue weighted by atomic mass is 10.1. The van der Waals surface area contributed by atoms with Crippen molar-refractivity contribution in [2.24, 2.45) is 0 Å². The third-order valence-electron chi connectivity index (χ3n) is 4.50. The third kappa shape index (κ3) is 4.39. The highest BCUT2D eigenvalue weighted by atomic mass is 35.5. The Bertz CT molecular complexity index is 910. The van der Waals surface area contributed by atoms with Crippen molar-refractivity contribution in [2.45, 2.75) is 12.6 Å². The highest BCUT2D eigenvalue weighted by Crippen LogP contribution is 2.23. The minimum atomic E-state index is -0.537. The maximum absolute atomic E-state index is 13.2. The summed E-state index contributed by atoms with van der Waals surface area (Å²) in [5, 5.41) is 8.65. The third-order valence-corrected chi connectivity index (χ3v) is 5.57. The largest absolute Gasteiger partial charge is 0.349 e. The molecule has 1 atom stereocenters. The Morgan fingerprint density at radius 1 is 1.36 bits per heavy atom. The summed E-state index contributed by atoms with van der Waals surface area (Å²) in [7, 11) is 0. The lowest BCUT2D eigenvalue weighted by molar-refractivity contribution is -0.127. The van der Waals surface area contributed by atoms with Gasteiger partial charge in [-0.2, -0.15) is 0 Å². The number of piperazine rings is 1. The van der Waals surface area contributed by atoms with Gasteiger partial charge in [-0.05, 0) is 17.5 Å². The van der Waals surface area contributed by atoms with Crippen LogP contribution in [0.4, 0.5) is 0 Å². The van der Waals surface area contributed by atoms with E-state index in [2.05, 4.69) is 30.5 Å². The number of hydrogen-bond acceptors (Lipinski definition) is 7. The van der Waals surface area contributed by atoms with Gasteiger partial charge in [0, 0.05) is 43.4 Å². The molecule has 0 aliphatic carbocycles. The zero-order valence-electron chi connectivity index (χ0n) is 15.1. The average Bonchev–Trinajstić information content (AvgIpc) is 3.41. The Morgan fingerprint density at radius 2 is 2.21 bits per heavy atom. The van der Waals surface area contributed by atoms with E-state index in [9.17, 15) is 4.79 Å². The molecule has 3 aromatic rings. The Labute approximate surface area is 171 Å². The molecule has 1 unspecified atom stereocenters. The van der Waals surface area contributed by atoms with Gasteiger partial charge in [-0.1, -0.05) is 17.7 Å². The van der Waals surface area contributed by atoms with Crippen LogP contribution in [0.15, 0.2) is 42.3 Å². The van der Waals surface area contributed by atoms with Gasteiger partial charge in [-0.15, -0.1) is 11.3 Å². The second kappa shape index (κ2) is 8.78. The summed E-state index contributed by atoms with van der Waals surface area (Å²) in [5.41, 5.74) is 0.578. The number of hydrogen-bond donors (Lipinski definition) is 2. The number of amides is 1. The molecule has 1 aliphatic rings. The topological polar surface area (TPSA) is 88.0 Å². The van der Waals surface area contributed by atoms with Crippen molar-refractivity contribution in [3.05, 3.63) is 58.0 Å². The molecular weight excluding hydrogens is 398 g/mol. The van der Waals surface area contributed by atoms with Gasteiger partial charge in [0.2, 0.25) is 11.9 Å². The molecule has 0 radical (unpaired) electrons. The van der Waals surface area contributed by atoms with E-state index < -0.39 is 6.04 Å². The summed E-state index contributed by atoms with van der Waals surface area (Å²) in [6.07, 6.45) is 4.99. The summed E-state index contributed by atoms with van der Waals surface area (Å²) >= 11 is 7.88. The number of carbonyl (C=O) groups is 1. The molecule has 10 heteroatoms. The minimum absolute atomic E-state index is 0.0957. The molecule has 0 bridgehead atoms. The van der Waals surface area contributed by atoms with Crippen molar-refractivity contribution in [1.29, 1.82) is 0 Å². The Kier molecular flexibility index (Phi) is 5.96. The molecule has 4 rings (SSSR count). The molecule has 1 aliphatic heterocycles. The van der Waals surface area contributed by atoms with Gasteiger partial charge in [0.25, 0.3) is 0 Å². The highest BCUT2D eigenvalue weighted by Gasteiger charge is 2.31. The van der Waals surface area contributed by atoms with Gasteiger partial charge in [0.1, 0.15) is 17.5 Å². The quantitative estimate of drug-likeness (QED) is 0.593. The van der Waals surface area contributed by atoms with Gasteiger partial charge in [0.05, 0.1) is 12.2 Å². The molecular formula is C18H20ClN7OS. The van der Waals surface area contributed by atoms with Gasteiger partial charge < -0.3 is 10.6 Å². The van der Waals surface area contributed by atoms with Gasteiger partial charge in [-0.3, -0.25) is 14.3 Å². The Hall–Kier alpha value is -2.33. The van der Waals surface area contributed by atoms with Crippen LogP contribution in [0, 0.1) is 0 Å². The maximum atomic E-state index is 13.2. The van der Waals surface area contributed by atoms with Crippen molar-refractivity contribution in [3.8, 4) is 5.95 Å². The summed E-state index contributed by atoms with van der Waals surface area (Å²) in [6.45, 7) is 3.63. The summed E-state index contributed by atoms with van der Waals surface area (Å²) in [6, 6.07) is 5.11. The molecule has 0 saturated carbocycles. The van der Waals surface area contributed by atoms with Gasteiger partial charge in [-0.25, -0.2) is 15.0 Å². The van der Waals surface area contributed by atoms with E-state index in [4.69, 9.17) is 11.6 Å².